The van der Waals surface area contributed by atoms with E-state index in [9.17, 15) is 0 Å². The van der Waals surface area contributed by atoms with Crippen molar-refractivity contribution in [1.29, 1.82) is 0 Å². The van der Waals surface area contributed by atoms with Crippen LogP contribution in [0.1, 0.15) is 25.7 Å². The van der Waals surface area contributed by atoms with Crippen molar-refractivity contribution in [2.24, 2.45) is 5.92 Å². The van der Waals surface area contributed by atoms with E-state index in [0.29, 0.717) is 6.04 Å². The predicted molar refractivity (Wildman–Crippen MR) is 77.2 cm³/mol. The average Bonchev–Trinajstić information content (AvgIpc) is 3.00. The van der Waals surface area contributed by atoms with Gasteiger partial charge in [0.25, 0.3) is 0 Å². The van der Waals surface area contributed by atoms with E-state index >= 15 is 0 Å². The molecular formula is C11H19N3S3. The van der Waals surface area contributed by atoms with Gasteiger partial charge in [0.15, 0.2) is 8.68 Å². The largest absolute Gasteiger partial charge is 0.316 e. The molecule has 1 fully saturated rings. The van der Waals surface area contributed by atoms with Crippen molar-refractivity contribution in [2.45, 2.75) is 40.4 Å². The summed E-state index contributed by atoms with van der Waals surface area (Å²) in [5.41, 5.74) is 0. The molecule has 1 aromatic rings. The van der Waals surface area contributed by atoms with Crippen molar-refractivity contribution in [3.8, 4) is 0 Å². The zero-order valence-corrected chi connectivity index (χ0v) is 12.8. The second-order valence-corrected chi connectivity index (χ2v) is 7.59. The minimum atomic E-state index is 0.629. The molecule has 1 N–H and O–H groups in total. The lowest BCUT2D eigenvalue weighted by Crippen LogP contribution is -2.34. The molecule has 0 saturated heterocycles. The highest BCUT2D eigenvalue weighted by Gasteiger charge is 2.24. The van der Waals surface area contributed by atoms with Crippen molar-refractivity contribution >= 4 is 34.9 Å². The van der Waals surface area contributed by atoms with Crippen LogP contribution in [0.25, 0.3) is 0 Å². The zero-order chi connectivity index (χ0) is 12.1. The Balaban J connectivity index is 1.82. The van der Waals surface area contributed by atoms with Crippen LogP contribution < -0.4 is 5.32 Å². The third kappa shape index (κ3) is 3.84. The molecule has 0 aromatic carbocycles. The maximum Gasteiger partial charge on any atom is 0.175 e. The van der Waals surface area contributed by atoms with E-state index in [-0.39, 0.29) is 0 Å². The molecule has 17 heavy (non-hydrogen) atoms. The molecule has 1 saturated carbocycles. The van der Waals surface area contributed by atoms with E-state index in [1.807, 2.05) is 18.0 Å². The Bertz CT molecular complexity index is 336. The molecule has 1 aliphatic rings. The Hall–Kier alpha value is 0.220. The molecule has 1 aliphatic carbocycles. The molecule has 96 valence electrons. The highest BCUT2D eigenvalue weighted by Crippen LogP contribution is 2.32. The molecule has 6 heteroatoms. The molecule has 0 aliphatic heterocycles. The summed E-state index contributed by atoms with van der Waals surface area (Å²) in [6.07, 6.45) is 7.63. The number of hydrogen-bond acceptors (Lipinski definition) is 6. The van der Waals surface area contributed by atoms with Crippen molar-refractivity contribution < 1.29 is 0 Å². The maximum atomic E-state index is 4.20. The minimum Gasteiger partial charge on any atom is -0.316 e. The smallest absolute Gasteiger partial charge is 0.175 e. The molecule has 1 atom stereocenters. The van der Waals surface area contributed by atoms with Gasteiger partial charge >= 0.3 is 0 Å². The van der Waals surface area contributed by atoms with Gasteiger partial charge in [-0.15, -0.1) is 10.2 Å². The Morgan fingerprint density at radius 1 is 1.35 bits per heavy atom. The lowest BCUT2D eigenvalue weighted by molar-refractivity contribution is 0.410. The second kappa shape index (κ2) is 6.97. The van der Waals surface area contributed by atoms with Crippen LogP contribution >= 0.6 is 34.9 Å². The van der Waals surface area contributed by atoms with E-state index in [1.54, 1.807) is 23.1 Å². The van der Waals surface area contributed by atoms with Crippen LogP contribution in [-0.4, -0.2) is 35.3 Å². The van der Waals surface area contributed by atoms with Gasteiger partial charge in [0.05, 0.1) is 0 Å². The third-order valence-electron chi connectivity index (χ3n) is 3.29. The van der Waals surface area contributed by atoms with Gasteiger partial charge in [0.2, 0.25) is 0 Å². The average molecular weight is 289 g/mol. The van der Waals surface area contributed by atoms with Crippen LogP contribution in [0.5, 0.6) is 0 Å². The lowest BCUT2D eigenvalue weighted by atomic mass is 10.0. The summed E-state index contributed by atoms with van der Waals surface area (Å²) in [6.45, 7) is 0. The van der Waals surface area contributed by atoms with Gasteiger partial charge < -0.3 is 5.32 Å². The molecule has 1 aromatic heterocycles. The molecule has 1 heterocycles. The standard InChI is InChI=1S/C11H19N3S3/c1-12-9(8-5-3-4-6-8)7-16-11-14-13-10(15-2)17-11/h8-9,12H,3-7H2,1-2H3. The van der Waals surface area contributed by atoms with Gasteiger partial charge in [-0.25, -0.2) is 0 Å². The summed E-state index contributed by atoms with van der Waals surface area (Å²) in [7, 11) is 2.08. The molecule has 0 spiro atoms. The third-order valence-corrected chi connectivity index (χ3v) is 6.44. The summed E-state index contributed by atoms with van der Waals surface area (Å²) < 4.78 is 2.17. The quantitative estimate of drug-likeness (QED) is 0.815. The van der Waals surface area contributed by atoms with Gasteiger partial charge in [0.1, 0.15) is 0 Å². The lowest BCUT2D eigenvalue weighted by Gasteiger charge is -2.21. The van der Waals surface area contributed by atoms with E-state index in [0.717, 1.165) is 20.4 Å². The topological polar surface area (TPSA) is 37.8 Å². The molecule has 1 unspecified atom stereocenters. The van der Waals surface area contributed by atoms with Crippen LogP contribution in [0.4, 0.5) is 0 Å². The van der Waals surface area contributed by atoms with Crippen LogP contribution in [0.3, 0.4) is 0 Å². The minimum absolute atomic E-state index is 0.629. The first-order valence-electron chi connectivity index (χ1n) is 6.01. The monoisotopic (exact) mass is 289 g/mol. The fourth-order valence-corrected chi connectivity index (χ4v) is 5.01. The Kier molecular flexibility index (Phi) is 5.59. The van der Waals surface area contributed by atoms with Gasteiger partial charge in [-0.1, -0.05) is 47.7 Å². The highest BCUT2D eigenvalue weighted by molar-refractivity contribution is 8.03. The molecular weight excluding hydrogens is 270 g/mol. The first kappa shape index (κ1) is 13.6. The number of nitrogens with one attached hydrogen (secondary N) is 1. The predicted octanol–water partition coefficient (Wildman–Crippen LogP) is 3.13. The number of hydrogen-bond donors (Lipinski definition) is 1. The van der Waals surface area contributed by atoms with Crippen molar-refractivity contribution in [3.63, 3.8) is 0 Å². The van der Waals surface area contributed by atoms with Gasteiger partial charge in [-0.05, 0) is 32.1 Å². The first-order valence-corrected chi connectivity index (χ1v) is 9.03. The molecule has 0 amide bonds. The number of nitrogens with zero attached hydrogens (tertiary/aromatic N) is 2. The highest BCUT2D eigenvalue weighted by atomic mass is 32.2. The fourth-order valence-electron chi connectivity index (χ4n) is 2.31. The number of aromatic nitrogens is 2. The van der Waals surface area contributed by atoms with Crippen molar-refractivity contribution in [3.05, 3.63) is 0 Å². The van der Waals surface area contributed by atoms with Crippen LogP contribution in [0.15, 0.2) is 8.68 Å². The molecule has 3 nitrogen and oxygen atoms in total. The molecule has 2 rings (SSSR count). The normalized spacial score (nSPS) is 18.7. The van der Waals surface area contributed by atoms with Crippen molar-refractivity contribution in [2.75, 3.05) is 19.1 Å². The SMILES string of the molecule is CNC(CSc1nnc(SC)s1)C1CCCC1. The van der Waals surface area contributed by atoms with E-state index in [4.69, 9.17) is 0 Å². The van der Waals surface area contributed by atoms with E-state index < -0.39 is 0 Å². The maximum absolute atomic E-state index is 4.20. The van der Waals surface area contributed by atoms with Crippen LogP contribution in [0, 0.1) is 5.92 Å². The van der Waals surface area contributed by atoms with E-state index in [1.165, 1.54) is 25.7 Å². The molecule has 0 bridgehead atoms. The summed E-state index contributed by atoms with van der Waals surface area (Å²) in [4.78, 5) is 0. The zero-order valence-electron chi connectivity index (χ0n) is 10.3. The van der Waals surface area contributed by atoms with Crippen LogP contribution in [0.2, 0.25) is 0 Å². The Morgan fingerprint density at radius 3 is 2.65 bits per heavy atom. The number of rotatable bonds is 6. The summed E-state index contributed by atoms with van der Waals surface area (Å²) >= 11 is 5.22. The first-order chi connectivity index (χ1) is 8.33. The summed E-state index contributed by atoms with van der Waals surface area (Å²) in [6, 6.07) is 0.629. The fraction of sp³-hybridized carbons (Fsp3) is 0.818. The summed E-state index contributed by atoms with van der Waals surface area (Å²) in [5.74, 6) is 1.98. The van der Waals surface area contributed by atoms with Crippen LogP contribution in [-0.2, 0) is 0 Å². The van der Waals surface area contributed by atoms with Gasteiger partial charge in [-0.2, -0.15) is 0 Å². The Morgan fingerprint density at radius 2 is 2.06 bits per heavy atom. The van der Waals surface area contributed by atoms with Gasteiger partial charge in [0, 0.05) is 11.8 Å². The second-order valence-electron chi connectivity index (χ2n) is 4.29. The van der Waals surface area contributed by atoms with Gasteiger partial charge in [-0.3, -0.25) is 0 Å². The number of thioether (sulfide) groups is 2. The molecule has 0 radical (unpaired) electrons. The summed E-state index contributed by atoms with van der Waals surface area (Å²) in [5, 5.41) is 11.8. The van der Waals surface area contributed by atoms with Crippen molar-refractivity contribution in [1.82, 2.24) is 15.5 Å². The van der Waals surface area contributed by atoms with E-state index in [2.05, 4.69) is 22.6 Å². The Labute approximate surface area is 116 Å².